The molecule has 0 saturated heterocycles. The Morgan fingerprint density at radius 1 is 1.00 bits per heavy atom. The first-order chi connectivity index (χ1) is 12.3. The summed E-state index contributed by atoms with van der Waals surface area (Å²) in [4.78, 5) is 12.8. The Bertz CT molecular complexity index is 861. The lowest BCUT2D eigenvalue weighted by molar-refractivity contribution is 0.0965. The van der Waals surface area contributed by atoms with Gasteiger partial charge in [0.1, 0.15) is 13.2 Å². The summed E-state index contributed by atoms with van der Waals surface area (Å²) in [6.45, 7) is 9.24. The molecule has 1 aliphatic heterocycles. The van der Waals surface area contributed by atoms with Crippen molar-refractivity contribution in [2.45, 2.75) is 33.6 Å². The molecule has 0 amide bonds. The average Bonchev–Trinajstić information content (AvgIpc) is 2.64. The number of benzene rings is 2. The molecule has 0 unspecified atom stereocenters. The van der Waals surface area contributed by atoms with Crippen LogP contribution in [0.25, 0.3) is 0 Å². The maximum Gasteiger partial charge on any atom is 0.170 e. The largest absolute Gasteiger partial charge is 0.486 e. The van der Waals surface area contributed by atoms with E-state index in [1.807, 2.05) is 49.4 Å². The Hall–Kier alpha value is -2.73. The standard InChI is InChI=1S/C23H24O3/c1-16(19-9-10-20-21(15-19)26-14-13-25-20)22(24)18-7-5-17(6-8-18)11-12-23(2,3)4/h5-10,15-16H,13-14H2,1-4H3/t16-/m1/s1. The second-order valence-electron chi connectivity index (χ2n) is 7.57. The molecule has 1 atom stereocenters. The van der Waals surface area contributed by atoms with Gasteiger partial charge in [0.05, 0.1) is 0 Å². The smallest absolute Gasteiger partial charge is 0.170 e. The van der Waals surface area contributed by atoms with E-state index in [2.05, 4.69) is 32.6 Å². The minimum atomic E-state index is -0.252. The molecule has 0 bridgehead atoms. The second-order valence-corrected chi connectivity index (χ2v) is 7.57. The van der Waals surface area contributed by atoms with Gasteiger partial charge in [0.25, 0.3) is 0 Å². The molecule has 134 valence electrons. The van der Waals surface area contributed by atoms with Crippen molar-refractivity contribution in [2.75, 3.05) is 13.2 Å². The fraction of sp³-hybridized carbons (Fsp3) is 0.348. The third-order valence-electron chi connectivity index (χ3n) is 4.21. The van der Waals surface area contributed by atoms with Gasteiger partial charge in [0, 0.05) is 22.5 Å². The first kappa shape index (κ1) is 18.1. The van der Waals surface area contributed by atoms with E-state index in [1.165, 1.54) is 0 Å². The maximum atomic E-state index is 12.8. The lowest BCUT2D eigenvalue weighted by atomic mass is 9.91. The molecule has 0 aliphatic carbocycles. The molecule has 3 rings (SSSR count). The molecule has 0 radical (unpaired) electrons. The van der Waals surface area contributed by atoms with Gasteiger partial charge in [-0.15, -0.1) is 0 Å². The molecular formula is C23H24O3. The van der Waals surface area contributed by atoms with Gasteiger partial charge in [-0.05, 0) is 50.6 Å². The molecule has 0 spiro atoms. The monoisotopic (exact) mass is 348 g/mol. The summed E-state index contributed by atoms with van der Waals surface area (Å²) in [7, 11) is 0. The van der Waals surface area contributed by atoms with Gasteiger partial charge < -0.3 is 9.47 Å². The highest BCUT2D eigenvalue weighted by Gasteiger charge is 2.20. The van der Waals surface area contributed by atoms with E-state index in [1.54, 1.807) is 0 Å². The fourth-order valence-corrected chi connectivity index (χ4v) is 2.71. The molecule has 1 heterocycles. The van der Waals surface area contributed by atoms with Crippen LogP contribution in [-0.4, -0.2) is 19.0 Å². The number of hydrogen-bond acceptors (Lipinski definition) is 3. The van der Waals surface area contributed by atoms with Gasteiger partial charge in [-0.1, -0.05) is 37.0 Å². The lowest BCUT2D eigenvalue weighted by Gasteiger charge is -2.20. The van der Waals surface area contributed by atoms with Crippen LogP contribution in [0, 0.1) is 17.3 Å². The van der Waals surface area contributed by atoms with Gasteiger partial charge in [-0.2, -0.15) is 0 Å². The van der Waals surface area contributed by atoms with Gasteiger partial charge in [0.2, 0.25) is 0 Å². The van der Waals surface area contributed by atoms with Crippen molar-refractivity contribution in [3.8, 4) is 23.3 Å². The first-order valence-corrected chi connectivity index (χ1v) is 8.90. The minimum Gasteiger partial charge on any atom is -0.486 e. The minimum absolute atomic E-state index is 0.0404. The van der Waals surface area contributed by atoms with Crippen LogP contribution in [0.3, 0.4) is 0 Å². The highest BCUT2D eigenvalue weighted by Crippen LogP contribution is 2.34. The highest BCUT2D eigenvalue weighted by molar-refractivity contribution is 6.00. The molecule has 0 N–H and O–H groups in total. The zero-order valence-electron chi connectivity index (χ0n) is 15.8. The van der Waals surface area contributed by atoms with Crippen molar-refractivity contribution in [1.82, 2.24) is 0 Å². The molecule has 0 saturated carbocycles. The van der Waals surface area contributed by atoms with Crippen LogP contribution in [0.4, 0.5) is 0 Å². The fourth-order valence-electron chi connectivity index (χ4n) is 2.71. The predicted octanol–water partition coefficient (Wildman–Crippen LogP) is 4.84. The Balaban J connectivity index is 1.77. The van der Waals surface area contributed by atoms with Crippen LogP contribution in [0.1, 0.15) is 55.1 Å². The average molecular weight is 348 g/mol. The van der Waals surface area contributed by atoms with E-state index < -0.39 is 0 Å². The molecule has 2 aromatic rings. The number of ether oxygens (including phenoxy) is 2. The van der Waals surface area contributed by atoms with Crippen LogP contribution < -0.4 is 9.47 Å². The van der Waals surface area contributed by atoms with Crippen LogP contribution in [0.2, 0.25) is 0 Å². The van der Waals surface area contributed by atoms with Crippen LogP contribution in [-0.2, 0) is 0 Å². The van der Waals surface area contributed by atoms with E-state index >= 15 is 0 Å². The summed E-state index contributed by atoms with van der Waals surface area (Å²) >= 11 is 0. The van der Waals surface area contributed by atoms with Gasteiger partial charge in [-0.25, -0.2) is 0 Å². The normalized spacial score (nSPS) is 14.2. The first-order valence-electron chi connectivity index (χ1n) is 8.90. The zero-order chi connectivity index (χ0) is 18.7. The second kappa shape index (κ2) is 7.25. The van der Waals surface area contributed by atoms with Crippen molar-refractivity contribution in [3.63, 3.8) is 0 Å². The quantitative estimate of drug-likeness (QED) is 0.588. The van der Waals surface area contributed by atoms with Crippen LogP contribution >= 0.6 is 0 Å². The predicted molar refractivity (Wildman–Crippen MR) is 103 cm³/mol. The number of Topliss-reactive ketones (excluding diaryl/α,β-unsaturated/α-hetero) is 1. The van der Waals surface area contributed by atoms with Crippen molar-refractivity contribution >= 4 is 5.78 Å². The summed E-state index contributed by atoms with van der Waals surface area (Å²) in [6.07, 6.45) is 0. The number of carbonyl (C=O) groups excluding carboxylic acids is 1. The SMILES string of the molecule is C[C@@H](C(=O)c1ccc(C#CC(C)(C)C)cc1)c1ccc2c(c1)OCCO2. The topological polar surface area (TPSA) is 35.5 Å². The highest BCUT2D eigenvalue weighted by atomic mass is 16.6. The number of hydrogen-bond donors (Lipinski definition) is 0. The van der Waals surface area contributed by atoms with Crippen molar-refractivity contribution in [1.29, 1.82) is 0 Å². The van der Waals surface area contributed by atoms with Crippen molar-refractivity contribution < 1.29 is 14.3 Å². The Labute approximate surface area is 155 Å². The van der Waals surface area contributed by atoms with E-state index in [0.717, 1.165) is 16.9 Å². The molecule has 3 nitrogen and oxygen atoms in total. The van der Waals surface area contributed by atoms with E-state index in [9.17, 15) is 4.79 Å². The number of fused-ring (bicyclic) bond motifs is 1. The maximum absolute atomic E-state index is 12.8. The Kier molecular flexibility index (Phi) is 5.04. The van der Waals surface area contributed by atoms with E-state index in [0.29, 0.717) is 24.5 Å². The molecular weight excluding hydrogens is 324 g/mol. The third-order valence-corrected chi connectivity index (χ3v) is 4.21. The van der Waals surface area contributed by atoms with Crippen molar-refractivity contribution in [3.05, 3.63) is 59.2 Å². The summed E-state index contributed by atoms with van der Waals surface area (Å²) in [5, 5.41) is 0. The molecule has 26 heavy (non-hydrogen) atoms. The molecule has 3 heteroatoms. The number of rotatable bonds is 3. The summed E-state index contributed by atoms with van der Waals surface area (Å²) in [5.74, 6) is 7.63. The Morgan fingerprint density at radius 2 is 1.65 bits per heavy atom. The van der Waals surface area contributed by atoms with Crippen LogP contribution in [0.5, 0.6) is 11.5 Å². The summed E-state index contributed by atoms with van der Waals surface area (Å²) in [6, 6.07) is 13.2. The van der Waals surface area contributed by atoms with E-state index in [4.69, 9.17) is 9.47 Å². The summed E-state index contributed by atoms with van der Waals surface area (Å²) in [5.41, 5.74) is 2.49. The molecule has 0 aromatic heterocycles. The number of ketones is 1. The Morgan fingerprint density at radius 3 is 2.31 bits per heavy atom. The van der Waals surface area contributed by atoms with Gasteiger partial charge in [0.15, 0.2) is 17.3 Å². The number of carbonyl (C=O) groups is 1. The molecule has 0 fully saturated rings. The lowest BCUT2D eigenvalue weighted by Crippen LogP contribution is -2.16. The third kappa shape index (κ3) is 4.26. The zero-order valence-corrected chi connectivity index (χ0v) is 15.8. The van der Waals surface area contributed by atoms with Gasteiger partial charge in [-0.3, -0.25) is 4.79 Å². The summed E-state index contributed by atoms with van der Waals surface area (Å²) < 4.78 is 11.2. The molecule has 1 aliphatic rings. The van der Waals surface area contributed by atoms with Crippen molar-refractivity contribution in [2.24, 2.45) is 5.41 Å². The van der Waals surface area contributed by atoms with Gasteiger partial charge >= 0.3 is 0 Å². The van der Waals surface area contributed by atoms with E-state index in [-0.39, 0.29) is 17.1 Å². The van der Waals surface area contributed by atoms with Crippen LogP contribution in [0.15, 0.2) is 42.5 Å². The molecule has 2 aromatic carbocycles.